The van der Waals surface area contributed by atoms with Gasteiger partial charge in [0, 0.05) is 6.04 Å². The lowest BCUT2D eigenvalue weighted by Gasteiger charge is -2.22. The van der Waals surface area contributed by atoms with Crippen LogP contribution in [-0.4, -0.2) is 54.2 Å². The Labute approximate surface area is 182 Å². The molecule has 2 heterocycles. The first-order valence-corrected chi connectivity index (χ1v) is 10.8. The molecule has 3 N–H and O–H groups in total. The molecule has 0 aliphatic carbocycles. The van der Waals surface area contributed by atoms with Crippen LogP contribution in [0.2, 0.25) is 0 Å². The van der Waals surface area contributed by atoms with Gasteiger partial charge in [-0.2, -0.15) is 16.3 Å². The second-order valence-electron chi connectivity index (χ2n) is 6.37. The van der Waals surface area contributed by atoms with Gasteiger partial charge < -0.3 is 15.3 Å². The maximum Gasteiger partial charge on any atom is 0.450 e. The van der Waals surface area contributed by atoms with Gasteiger partial charge in [0.1, 0.15) is 0 Å². The van der Waals surface area contributed by atoms with Crippen LogP contribution in [0.25, 0.3) is 11.0 Å². The van der Waals surface area contributed by atoms with E-state index in [-0.39, 0.29) is 6.04 Å². The average Bonchev–Trinajstić information content (AvgIpc) is 3.05. The van der Waals surface area contributed by atoms with Gasteiger partial charge in [-0.25, -0.2) is 19.2 Å². The number of imidazole rings is 1. The normalized spacial score (nSPS) is 13.7. The minimum atomic E-state index is -1.62. The van der Waals surface area contributed by atoms with Gasteiger partial charge in [0.25, 0.3) is 0 Å². The number of aromatic nitrogens is 2. The summed E-state index contributed by atoms with van der Waals surface area (Å²) in [5, 5.41) is 29.0. The number of carboxylic acid groups (broad SMARTS) is 3. The maximum absolute atomic E-state index is 12.4. The molecule has 1 aromatic carbocycles. The van der Waals surface area contributed by atoms with Crippen molar-refractivity contribution in [2.75, 3.05) is 11.5 Å². The number of rotatable bonds is 2. The number of hydrogen-bond donors (Lipinski definition) is 3. The summed E-state index contributed by atoms with van der Waals surface area (Å²) < 4.78 is 2.50. The van der Waals surface area contributed by atoms with E-state index in [1.165, 1.54) is 12.8 Å². The largest absolute Gasteiger partial charge is 0.464 e. The zero-order valence-electron chi connectivity index (χ0n) is 17.3. The highest BCUT2D eigenvalue weighted by molar-refractivity contribution is 7.99. The van der Waals surface area contributed by atoms with Crippen molar-refractivity contribution in [1.82, 2.24) is 9.13 Å². The smallest absolute Gasteiger partial charge is 0.450 e. The maximum atomic E-state index is 12.4. The van der Waals surface area contributed by atoms with E-state index in [2.05, 4.69) is 24.1 Å². The highest BCUT2D eigenvalue weighted by Crippen LogP contribution is 2.28. The van der Waals surface area contributed by atoms with Gasteiger partial charge in [-0.1, -0.05) is 49.1 Å². The van der Waals surface area contributed by atoms with Crippen LogP contribution >= 0.6 is 11.8 Å². The standard InChI is InChI=1S/C13H14N2O3S.C4H10.C2H2N2O4/c16-12-14(9-5-7-19-8-6-9)10-3-1-2-4-11(10)15(12)13(17)18;1-3-4-2;5-1(6)3-4-2(7)8/h1-4,9H,5-8H2,(H,17,18);3-4H2,1-2H3;(H,5,6)(H,7,8). The second-order valence-corrected chi connectivity index (χ2v) is 7.59. The van der Waals surface area contributed by atoms with Crippen molar-refractivity contribution in [3.05, 3.63) is 34.7 Å². The van der Waals surface area contributed by atoms with Gasteiger partial charge in [0.05, 0.1) is 11.0 Å². The lowest BCUT2D eigenvalue weighted by atomic mass is 10.1. The number of carbonyl (C=O) groups is 3. The van der Waals surface area contributed by atoms with Crippen LogP contribution in [0.5, 0.6) is 0 Å². The molecule has 0 bridgehead atoms. The molecule has 0 unspecified atom stereocenters. The molecule has 31 heavy (non-hydrogen) atoms. The molecule has 11 nitrogen and oxygen atoms in total. The SMILES string of the molecule is CCCC.O=C(O)N=NC(=O)O.O=C(O)n1c(=O)n(C2CCSCC2)c2ccccc21. The van der Waals surface area contributed by atoms with Gasteiger partial charge in [-0.3, -0.25) is 4.57 Å². The van der Waals surface area contributed by atoms with Crippen LogP contribution in [0.1, 0.15) is 45.6 Å². The van der Waals surface area contributed by atoms with Gasteiger partial charge in [-0.05, 0) is 36.5 Å². The Morgan fingerprint density at radius 2 is 1.45 bits per heavy atom. The van der Waals surface area contributed by atoms with Crippen LogP contribution < -0.4 is 5.69 Å². The summed E-state index contributed by atoms with van der Waals surface area (Å²) in [4.78, 5) is 42.4. The third kappa shape index (κ3) is 7.89. The molecule has 2 amide bonds. The van der Waals surface area contributed by atoms with Gasteiger partial charge in [-0.15, -0.1) is 0 Å². The molecule has 0 spiro atoms. The molecule has 1 aliphatic rings. The monoisotopic (exact) mass is 454 g/mol. The molecule has 170 valence electrons. The first-order chi connectivity index (χ1) is 14.7. The molecular weight excluding hydrogens is 428 g/mol. The zero-order valence-corrected chi connectivity index (χ0v) is 18.1. The third-order valence-corrected chi connectivity index (χ3v) is 5.30. The molecule has 0 atom stereocenters. The van der Waals surface area contributed by atoms with Crippen molar-refractivity contribution in [1.29, 1.82) is 0 Å². The van der Waals surface area contributed by atoms with Crippen LogP contribution in [0, 0.1) is 0 Å². The van der Waals surface area contributed by atoms with Gasteiger partial charge in [0.2, 0.25) is 0 Å². The van der Waals surface area contributed by atoms with Crippen molar-refractivity contribution in [3.8, 4) is 0 Å². The summed E-state index contributed by atoms with van der Waals surface area (Å²) in [7, 11) is 0. The van der Waals surface area contributed by atoms with Crippen molar-refractivity contribution in [2.45, 2.75) is 45.6 Å². The Balaban J connectivity index is 0.000000336. The van der Waals surface area contributed by atoms with Gasteiger partial charge >= 0.3 is 24.0 Å². The van der Waals surface area contributed by atoms with Crippen LogP contribution in [-0.2, 0) is 0 Å². The number of azo groups is 1. The first-order valence-electron chi connectivity index (χ1n) is 9.65. The number of hydrogen-bond acceptors (Lipinski definition) is 5. The molecular formula is C19H26N4O7S. The van der Waals surface area contributed by atoms with Crippen molar-refractivity contribution in [3.63, 3.8) is 0 Å². The second kappa shape index (κ2) is 13.2. The van der Waals surface area contributed by atoms with E-state index in [1.807, 2.05) is 23.9 Å². The fourth-order valence-electron chi connectivity index (χ4n) is 2.74. The van der Waals surface area contributed by atoms with Crippen molar-refractivity contribution >= 4 is 41.1 Å². The average molecular weight is 455 g/mol. The Kier molecular flexibility index (Phi) is 11.0. The highest BCUT2D eigenvalue weighted by atomic mass is 32.2. The Morgan fingerprint density at radius 3 is 1.87 bits per heavy atom. The van der Waals surface area contributed by atoms with Gasteiger partial charge in [0.15, 0.2) is 0 Å². The molecule has 0 radical (unpaired) electrons. The Hall–Kier alpha value is -3.15. The summed E-state index contributed by atoms with van der Waals surface area (Å²) in [6.45, 7) is 4.36. The summed E-state index contributed by atoms with van der Waals surface area (Å²) in [5.74, 6) is 2.04. The Bertz CT molecular complexity index is 959. The Morgan fingerprint density at radius 1 is 0.968 bits per heavy atom. The fraction of sp³-hybridized carbons (Fsp3) is 0.474. The van der Waals surface area contributed by atoms with E-state index in [1.54, 1.807) is 16.7 Å². The molecule has 1 saturated heterocycles. The number of para-hydroxylation sites is 2. The number of nitrogens with zero attached hydrogens (tertiary/aromatic N) is 4. The number of benzene rings is 1. The quantitative estimate of drug-likeness (QED) is 0.534. The minimum Gasteiger partial charge on any atom is -0.464 e. The molecule has 3 rings (SSSR count). The van der Waals surface area contributed by atoms with E-state index < -0.39 is 24.0 Å². The van der Waals surface area contributed by atoms with E-state index >= 15 is 0 Å². The number of amides is 2. The number of unbranched alkanes of at least 4 members (excludes halogenated alkanes) is 1. The highest BCUT2D eigenvalue weighted by Gasteiger charge is 2.24. The topological polar surface area (TPSA) is 164 Å². The number of fused-ring (bicyclic) bond motifs is 1. The van der Waals surface area contributed by atoms with Crippen LogP contribution in [0.15, 0.2) is 39.3 Å². The minimum absolute atomic E-state index is 0.110. The van der Waals surface area contributed by atoms with Crippen LogP contribution in [0.3, 0.4) is 0 Å². The molecule has 2 aromatic rings. The third-order valence-electron chi connectivity index (χ3n) is 4.25. The number of thioether (sulfide) groups is 1. The van der Waals surface area contributed by atoms with E-state index in [0.29, 0.717) is 11.0 Å². The lowest BCUT2D eigenvalue weighted by molar-refractivity contribution is 0.194. The summed E-state index contributed by atoms with van der Waals surface area (Å²) in [6.07, 6.45) is 0.0149. The van der Waals surface area contributed by atoms with E-state index in [4.69, 9.17) is 10.2 Å². The fourth-order valence-corrected chi connectivity index (χ4v) is 3.82. The first kappa shape index (κ1) is 25.9. The summed E-state index contributed by atoms with van der Waals surface area (Å²) >= 11 is 1.88. The molecule has 1 fully saturated rings. The lowest BCUT2D eigenvalue weighted by Crippen LogP contribution is -2.31. The molecule has 12 heteroatoms. The summed E-state index contributed by atoms with van der Waals surface area (Å²) in [5.41, 5.74) is 0.746. The molecule has 1 aliphatic heterocycles. The zero-order chi connectivity index (χ0) is 23.4. The van der Waals surface area contributed by atoms with Crippen molar-refractivity contribution in [2.24, 2.45) is 10.2 Å². The molecule has 1 aromatic heterocycles. The molecule has 0 saturated carbocycles. The predicted molar refractivity (Wildman–Crippen MR) is 117 cm³/mol. The van der Waals surface area contributed by atoms with E-state index in [0.717, 1.165) is 28.9 Å². The van der Waals surface area contributed by atoms with E-state index in [9.17, 15) is 24.3 Å². The summed E-state index contributed by atoms with van der Waals surface area (Å²) in [6, 6.07) is 7.19. The predicted octanol–water partition coefficient (Wildman–Crippen LogP) is 5.00. The van der Waals surface area contributed by atoms with Crippen molar-refractivity contribution < 1.29 is 29.7 Å². The van der Waals surface area contributed by atoms with Crippen LogP contribution in [0.4, 0.5) is 14.4 Å².